The summed E-state index contributed by atoms with van der Waals surface area (Å²) in [5.41, 5.74) is 9.29. The molecule has 0 heterocycles. The van der Waals surface area contributed by atoms with Crippen LogP contribution in [0.1, 0.15) is 24.0 Å². The zero-order chi connectivity index (χ0) is 15.0. The van der Waals surface area contributed by atoms with Crippen LogP contribution in [0.2, 0.25) is 0 Å². The molecule has 2 aromatic rings. The quantitative estimate of drug-likeness (QED) is 0.899. The third kappa shape index (κ3) is 2.18. The van der Waals surface area contributed by atoms with Crippen molar-refractivity contribution in [2.45, 2.75) is 18.9 Å². The summed E-state index contributed by atoms with van der Waals surface area (Å²) in [7, 11) is 0. The van der Waals surface area contributed by atoms with Crippen molar-refractivity contribution in [1.82, 2.24) is 5.32 Å². The molecule has 0 spiro atoms. The molecule has 0 saturated carbocycles. The van der Waals surface area contributed by atoms with Crippen LogP contribution in [0.5, 0.6) is 0 Å². The van der Waals surface area contributed by atoms with Crippen molar-refractivity contribution in [1.29, 1.82) is 0 Å². The molecule has 0 aromatic heterocycles. The van der Waals surface area contributed by atoms with Gasteiger partial charge in [0.25, 0.3) is 0 Å². The summed E-state index contributed by atoms with van der Waals surface area (Å²) in [6.45, 7) is 1.59. The standard InChI is InChI=1S/C17H16N2O2/c1-10(16(18)20)19-17(21)15-13-8-4-2-6-11(13)12-7-3-5-9-14(12)15/h2-10,15H,1H3,(H2,18,20)(H,19,21)/t10-/m0/s1. The van der Waals surface area contributed by atoms with Gasteiger partial charge in [0.05, 0.1) is 5.92 Å². The van der Waals surface area contributed by atoms with Crippen LogP contribution in [0.4, 0.5) is 0 Å². The fourth-order valence-electron chi connectivity index (χ4n) is 2.81. The Kier molecular flexibility index (Phi) is 3.22. The number of nitrogens with two attached hydrogens (primary N) is 1. The third-order valence-corrected chi connectivity index (χ3v) is 3.88. The molecule has 0 fully saturated rings. The molecule has 4 nitrogen and oxygen atoms in total. The molecule has 0 unspecified atom stereocenters. The molecule has 1 atom stereocenters. The van der Waals surface area contributed by atoms with E-state index in [1.807, 2.05) is 48.5 Å². The molecule has 106 valence electrons. The Morgan fingerprint density at radius 1 is 1.00 bits per heavy atom. The van der Waals surface area contributed by atoms with E-state index in [2.05, 4.69) is 5.32 Å². The number of rotatable bonds is 3. The number of benzene rings is 2. The van der Waals surface area contributed by atoms with E-state index in [-0.39, 0.29) is 11.8 Å². The molecule has 2 amide bonds. The first-order chi connectivity index (χ1) is 10.1. The zero-order valence-electron chi connectivity index (χ0n) is 11.7. The number of amides is 2. The van der Waals surface area contributed by atoms with E-state index >= 15 is 0 Å². The molecule has 21 heavy (non-hydrogen) atoms. The monoisotopic (exact) mass is 280 g/mol. The number of primary amides is 1. The number of hydrogen-bond acceptors (Lipinski definition) is 2. The van der Waals surface area contributed by atoms with Gasteiger partial charge in [-0.1, -0.05) is 48.5 Å². The topological polar surface area (TPSA) is 72.2 Å². The average molecular weight is 280 g/mol. The van der Waals surface area contributed by atoms with Gasteiger partial charge in [0.2, 0.25) is 11.8 Å². The van der Waals surface area contributed by atoms with E-state index in [1.165, 1.54) is 0 Å². The van der Waals surface area contributed by atoms with Gasteiger partial charge in [-0.3, -0.25) is 9.59 Å². The maximum Gasteiger partial charge on any atom is 0.239 e. The molecule has 0 saturated heterocycles. The number of hydrogen-bond donors (Lipinski definition) is 2. The van der Waals surface area contributed by atoms with Crippen molar-refractivity contribution in [3.05, 3.63) is 59.7 Å². The molecule has 3 N–H and O–H groups in total. The average Bonchev–Trinajstić information content (AvgIpc) is 2.81. The van der Waals surface area contributed by atoms with Crippen LogP contribution in [0.15, 0.2) is 48.5 Å². The lowest BCUT2D eigenvalue weighted by atomic mass is 9.96. The third-order valence-electron chi connectivity index (χ3n) is 3.88. The molecule has 4 heteroatoms. The second-order valence-electron chi connectivity index (χ2n) is 5.24. The Labute approximate surface area is 123 Å². The van der Waals surface area contributed by atoms with Crippen LogP contribution in [0, 0.1) is 0 Å². The largest absolute Gasteiger partial charge is 0.368 e. The van der Waals surface area contributed by atoms with Crippen molar-refractivity contribution in [3.8, 4) is 11.1 Å². The number of carbonyl (C=O) groups is 2. The molecule has 0 radical (unpaired) electrons. The Morgan fingerprint density at radius 3 is 1.95 bits per heavy atom. The van der Waals surface area contributed by atoms with Crippen LogP contribution in [0.3, 0.4) is 0 Å². The minimum absolute atomic E-state index is 0.196. The number of nitrogens with one attached hydrogen (secondary N) is 1. The van der Waals surface area contributed by atoms with E-state index in [0.29, 0.717) is 0 Å². The van der Waals surface area contributed by atoms with Crippen LogP contribution >= 0.6 is 0 Å². The van der Waals surface area contributed by atoms with Gasteiger partial charge in [-0.15, -0.1) is 0 Å². The zero-order valence-corrected chi connectivity index (χ0v) is 11.7. The Bertz CT molecular complexity index is 679. The highest BCUT2D eigenvalue weighted by molar-refractivity contribution is 5.98. The Hall–Kier alpha value is -2.62. The van der Waals surface area contributed by atoms with Gasteiger partial charge in [-0.05, 0) is 29.2 Å². The highest BCUT2D eigenvalue weighted by Gasteiger charge is 2.34. The highest BCUT2D eigenvalue weighted by Crippen LogP contribution is 2.44. The molecule has 1 aliphatic carbocycles. The summed E-state index contributed by atoms with van der Waals surface area (Å²) in [4.78, 5) is 23.7. The summed E-state index contributed by atoms with van der Waals surface area (Å²) in [6.07, 6.45) is 0. The summed E-state index contributed by atoms with van der Waals surface area (Å²) in [5.74, 6) is -1.12. The van der Waals surface area contributed by atoms with Gasteiger partial charge in [0.1, 0.15) is 6.04 Å². The molecule has 0 aliphatic heterocycles. The van der Waals surface area contributed by atoms with Crippen molar-refractivity contribution < 1.29 is 9.59 Å². The minimum atomic E-state index is -0.683. The molecule has 1 aliphatic rings. The van der Waals surface area contributed by atoms with E-state index in [0.717, 1.165) is 22.3 Å². The SMILES string of the molecule is C[C@H](NC(=O)C1c2ccccc2-c2ccccc21)C(N)=O. The molecular formula is C17H16N2O2. The Morgan fingerprint density at radius 2 is 1.48 bits per heavy atom. The first-order valence-electron chi connectivity index (χ1n) is 6.87. The highest BCUT2D eigenvalue weighted by atomic mass is 16.2. The van der Waals surface area contributed by atoms with Crippen molar-refractivity contribution in [2.75, 3.05) is 0 Å². The summed E-state index contributed by atoms with van der Waals surface area (Å²) in [6, 6.07) is 15.0. The van der Waals surface area contributed by atoms with E-state index in [1.54, 1.807) is 6.92 Å². The van der Waals surface area contributed by atoms with E-state index in [9.17, 15) is 9.59 Å². The van der Waals surface area contributed by atoms with Gasteiger partial charge in [-0.2, -0.15) is 0 Å². The lowest BCUT2D eigenvalue weighted by Gasteiger charge is -2.16. The predicted octanol–water partition coefficient (Wildman–Crippen LogP) is 1.79. The summed E-state index contributed by atoms with van der Waals surface area (Å²) >= 11 is 0. The fourth-order valence-corrected chi connectivity index (χ4v) is 2.81. The van der Waals surface area contributed by atoms with Crippen molar-refractivity contribution >= 4 is 11.8 Å². The Balaban J connectivity index is 2.03. The van der Waals surface area contributed by atoms with Gasteiger partial charge < -0.3 is 11.1 Å². The van der Waals surface area contributed by atoms with E-state index < -0.39 is 11.9 Å². The smallest absolute Gasteiger partial charge is 0.239 e. The lowest BCUT2D eigenvalue weighted by molar-refractivity contribution is -0.127. The van der Waals surface area contributed by atoms with Crippen LogP contribution in [-0.2, 0) is 9.59 Å². The predicted molar refractivity (Wildman–Crippen MR) is 80.5 cm³/mol. The number of carbonyl (C=O) groups excluding carboxylic acids is 2. The first-order valence-corrected chi connectivity index (χ1v) is 6.87. The van der Waals surface area contributed by atoms with Gasteiger partial charge in [0.15, 0.2) is 0 Å². The van der Waals surface area contributed by atoms with Crippen LogP contribution in [-0.4, -0.2) is 17.9 Å². The molecule has 2 aromatic carbocycles. The second kappa shape index (κ2) is 5.05. The van der Waals surface area contributed by atoms with E-state index in [4.69, 9.17) is 5.73 Å². The van der Waals surface area contributed by atoms with Gasteiger partial charge in [-0.25, -0.2) is 0 Å². The fraction of sp³-hybridized carbons (Fsp3) is 0.176. The first kappa shape index (κ1) is 13.4. The molecular weight excluding hydrogens is 264 g/mol. The lowest BCUT2D eigenvalue weighted by Crippen LogP contribution is -2.44. The van der Waals surface area contributed by atoms with Crippen molar-refractivity contribution in [3.63, 3.8) is 0 Å². The normalized spacial score (nSPS) is 14.1. The molecule has 3 rings (SSSR count). The van der Waals surface area contributed by atoms with Crippen LogP contribution < -0.4 is 11.1 Å². The van der Waals surface area contributed by atoms with Crippen molar-refractivity contribution in [2.24, 2.45) is 5.73 Å². The van der Waals surface area contributed by atoms with Gasteiger partial charge in [0, 0.05) is 0 Å². The number of fused-ring (bicyclic) bond motifs is 3. The minimum Gasteiger partial charge on any atom is -0.368 e. The maximum absolute atomic E-state index is 12.6. The maximum atomic E-state index is 12.6. The second-order valence-corrected chi connectivity index (χ2v) is 5.24. The molecule has 0 bridgehead atoms. The van der Waals surface area contributed by atoms with Gasteiger partial charge >= 0.3 is 0 Å². The summed E-state index contributed by atoms with van der Waals surface area (Å²) in [5, 5.41) is 2.69. The van der Waals surface area contributed by atoms with Crippen LogP contribution in [0.25, 0.3) is 11.1 Å². The summed E-state index contributed by atoms with van der Waals surface area (Å²) < 4.78 is 0.